The molecule has 0 amide bonds. The third-order valence-corrected chi connectivity index (χ3v) is 2.05. The fourth-order valence-electron chi connectivity index (χ4n) is 1.18. The van der Waals surface area contributed by atoms with Gasteiger partial charge in [0.1, 0.15) is 11.9 Å². The van der Waals surface area contributed by atoms with Crippen LogP contribution in [-0.2, 0) is 9.53 Å². The molecule has 0 aliphatic carbocycles. The summed E-state index contributed by atoms with van der Waals surface area (Å²) in [7, 11) is 0. The number of carbonyl (C=O) groups excluding carboxylic acids is 1. The zero-order chi connectivity index (χ0) is 12.1. The van der Waals surface area contributed by atoms with Crippen LogP contribution in [0.5, 0.6) is 0 Å². The highest BCUT2D eigenvalue weighted by Crippen LogP contribution is 2.21. The monoisotopic (exact) mass is 224 g/mol. The molecular weight excluding hydrogens is 211 g/mol. The van der Waals surface area contributed by atoms with Gasteiger partial charge in [-0.2, -0.15) is 0 Å². The Bertz CT molecular complexity index is 384. The fraction of sp³-hybridized carbons (Fsp3) is 0.250. The van der Waals surface area contributed by atoms with Gasteiger partial charge in [0.2, 0.25) is 0 Å². The molecule has 1 N–H and O–H groups in total. The van der Waals surface area contributed by atoms with Crippen molar-refractivity contribution in [2.75, 3.05) is 6.61 Å². The molecule has 0 fully saturated rings. The molecule has 0 aliphatic rings. The van der Waals surface area contributed by atoms with Crippen molar-refractivity contribution in [2.24, 2.45) is 0 Å². The second kappa shape index (κ2) is 5.42. The number of aliphatic hydroxyl groups excluding tert-OH is 1. The van der Waals surface area contributed by atoms with Crippen molar-refractivity contribution >= 4 is 5.97 Å². The number of halogens is 1. The van der Waals surface area contributed by atoms with Crippen LogP contribution in [0.1, 0.15) is 18.6 Å². The van der Waals surface area contributed by atoms with Crippen LogP contribution in [0.3, 0.4) is 0 Å². The first kappa shape index (κ1) is 12.4. The number of aliphatic hydroxyl groups is 1. The van der Waals surface area contributed by atoms with Crippen LogP contribution in [0.2, 0.25) is 0 Å². The van der Waals surface area contributed by atoms with Crippen molar-refractivity contribution in [1.29, 1.82) is 0 Å². The Morgan fingerprint density at radius 3 is 2.56 bits per heavy atom. The molecule has 4 heteroatoms. The topological polar surface area (TPSA) is 46.5 Å². The summed E-state index contributed by atoms with van der Waals surface area (Å²) >= 11 is 0. The Hall–Kier alpha value is -1.68. The Kier molecular flexibility index (Phi) is 4.19. The lowest BCUT2D eigenvalue weighted by Crippen LogP contribution is -2.13. The summed E-state index contributed by atoms with van der Waals surface area (Å²) < 4.78 is 17.3. The normalized spacial score (nSPS) is 11.9. The van der Waals surface area contributed by atoms with Crippen LogP contribution >= 0.6 is 0 Å². The van der Waals surface area contributed by atoms with E-state index in [-0.39, 0.29) is 12.2 Å². The van der Waals surface area contributed by atoms with E-state index in [9.17, 15) is 14.3 Å². The van der Waals surface area contributed by atoms with E-state index in [0.29, 0.717) is 5.56 Å². The summed E-state index contributed by atoms with van der Waals surface area (Å²) in [5, 5.41) is 9.75. The third kappa shape index (κ3) is 2.90. The Labute approximate surface area is 93.2 Å². The quantitative estimate of drug-likeness (QED) is 0.628. The van der Waals surface area contributed by atoms with Gasteiger partial charge in [0.25, 0.3) is 0 Å². The van der Waals surface area contributed by atoms with E-state index in [2.05, 4.69) is 6.58 Å². The summed E-state index contributed by atoms with van der Waals surface area (Å²) in [5.41, 5.74) is 0.341. The summed E-state index contributed by atoms with van der Waals surface area (Å²) in [5.74, 6) is -1.06. The number of benzene rings is 1. The molecule has 3 nitrogen and oxygen atoms in total. The molecule has 0 heterocycles. The van der Waals surface area contributed by atoms with Crippen LogP contribution < -0.4 is 0 Å². The number of rotatable bonds is 4. The molecule has 0 aliphatic heterocycles. The van der Waals surface area contributed by atoms with E-state index < -0.39 is 17.9 Å². The van der Waals surface area contributed by atoms with Crippen molar-refractivity contribution in [3.8, 4) is 0 Å². The van der Waals surface area contributed by atoms with E-state index in [4.69, 9.17) is 4.74 Å². The summed E-state index contributed by atoms with van der Waals surface area (Å²) in [6.07, 6.45) is -1.17. The molecule has 0 spiro atoms. The van der Waals surface area contributed by atoms with Crippen LogP contribution in [-0.4, -0.2) is 17.7 Å². The molecule has 0 saturated heterocycles. The lowest BCUT2D eigenvalue weighted by Gasteiger charge is -2.12. The minimum Gasteiger partial charge on any atom is -0.463 e. The fourth-order valence-corrected chi connectivity index (χ4v) is 1.18. The molecule has 1 aromatic rings. The van der Waals surface area contributed by atoms with Gasteiger partial charge in [-0.1, -0.05) is 18.7 Å². The number of ether oxygens (including phenoxy) is 1. The summed E-state index contributed by atoms with van der Waals surface area (Å²) in [6.45, 7) is 5.33. The smallest absolute Gasteiger partial charge is 0.336 e. The summed E-state index contributed by atoms with van der Waals surface area (Å²) in [4.78, 5) is 11.3. The molecule has 1 rings (SSSR count). The van der Waals surface area contributed by atoms with E-state index in [1.807, 2.05) is 0 Å². The van der Waals surface area contributed by atoms with E-state index in [1.165, 1.54) is 24.3 Å². The van der Waals surface area contributed by atoms with Crippen molar-refractivity contribution in [3.63, 3.8) is 0 Å². The maximum atomic E-state index is 12.6. The van der Waals surface area contributed by atoms with Crippen LogP contribution in [0.15, 0.2) is 36.4 Å². The van der Waals surface area contributed by atoms with Crippen LogP contribution in [0.4, 0.5) is 4.39 Å². The molecule has 0 unspecified atom stereocenters. The zero-order valence-electron chi connectivity index (χ0n) is 8.94. The van der Waals surface area contributed by atoms with Crippen molar-refractivity contribution < 1.29 is 19.0 Å². The van der Waals surface area contributed by atoms with E-state index >= 15 is 0 Å². The number of hydrogen-bond acceptors (Lipinski definition) is 3. The average Bonchev–Trinajstić information content (AvgIpc) is 2.28. The lowest BCUT2D eigenvalue weighted by atomic mass is 10.0. The van der Waals surface area contributed by atoms with Crippen molar-refractivity contribution in [1.82, 2.24) is 0 Å². The van der Waals surface area contributed by atoms with Gasteiger partial charge >= 0.3 is 5.97 Å². The molecule has 0 radical (unpaired) electrons. The van der Waals surface area contributed by atoms with Crippen molar-refractivity contribution in [2.45, 2.75) is 13.0 Å². The molecule has 0 saturated carbocycles. The molecule has 86 valence electrons. The van der Waals surface area contributed by atoms with Gasteiger partial charge in [0.05, 0.1) is 12.2 Å². The highest BCUT2D eigenvalue weighted by molar-refractivity contribution is 5.89. The molecule has 1 atom stereocenters. The maximum Gasteiger partial charge on any atom is 0.336 e. The van der Waals surface area contributed by atoms with Gasteiger partial charge in [-0.15, -0.1) is 0 Å². The molecular formula is C12H13FO3. The number of esters is 1. The van der Waals surface area contributed by atoms with Crippen molar-refractivity contribution in [3.05, 3.63) is 47.8 Å². The second-order valence-electron chi connectivity index (χ2n) is 3.20. The first-order valence-electron chi connectivity index (χ1n) is 4.85. The SMILES string of the molecule is C=C(C(=O)OCC)[C@@H](O)c1ccc(F)cc1. The van der Waals surface area contributed by atoms with E-state index in [0.717, 1.165) is 0 Å². The average molecular weight is 224 g/mol. The van der Waals surface area contributed by atoms with Gasteiger partial charge in [0.15, 0.2) is 0 Å². The Morgan fingerprint density at radius 2 is 2.06 bits per heavy atom. The Balaban J connectivity index is 2.77. The van der Waals surface area contributed by atoms with Crippen LogP contribution in [0.25, 0.3) is 0 Å². The predicted molar refractivity (Wildman–Crippen MR) is 57.1 cm³/mol. The molecule has 1 aromatic carbocycles. The second-order valence-corrected chi connectivity index (χ2v) is 3.20. The first-order valence-corrected chi connectivity index (χ1v) is 4.85. The van der Waals surface area contributed by atoms with Gasteiger partial charge in [0, 0.05) is 0 Å². The number of hydrogen-bond donors (Lipinski definition) is 1. The van der Waals surface area contributed by atoms with Gasteiger partial charge in [-0.05, 0) is 24.6 Å². The summed E-state index contributed by atoms with van der Waals surface area (Å²) in [6, 6.07) is 5.20. The zero-order valence-corrected chi connectivity index (χ0v) is 8.94. The third-order valence-electron chi connectivity index (χ3n) is 2.05. The molecule has 0 aromatic heterocycles. The first-order chi connectivity index (χ1) is 7.56. The Morgan fingerprint density at radius 1 is 1.50 bits per heavy atom. The van der Waals surface area contributed by atoms with Gasteiger partial charge in [-0.25, -0.2) is 9.18 Å². The lowest BCUT2D eigenvalue weighted by molar-refractivity contribution is -0.139. The van der Waals surface area contributed by atoms with Crippen LogP contribution in [0, 0.1) is 5.82 Å². The minimum absolute atomic E-state index is 0.0616. The standard InChI is InChI=1S/C12H13FO3/c1-3-16-12(15)8(2)11(14)9-4-6-10(13)7-5-9/h4-7,11,14H,2-3H2,1H3/t11-/m1/s1. The van der Waals surface area contributed by atoms with Gasteiger partial charge < -0.3 is 9.84 Å². The predicted octanol–water partition coefficient (Wildman–Crippen LogP) is 1.98. The van der Waals surface area contributed by atoms with Gasteiger partial charge in [-0.3, -0.25) is 0 Å². The van der Waals surface area contributed by atoms with E-state index in [1.54, 1.807) is 6.92 Å². The largest absolute Gasteiger partial charge is 0.463 e. The molecule has 0 bridgehead atoms. The maximum absolute atomic E-state index is 12.6. The highest BCUT2D eigenvalue weighted by Gasteiger charge is 2.19. The highest BCUT2D eigenvalue weighted by atomic mass is 19.1. The minimum atomic E-state index is -1.17. The molecule has 16 heavy (non-hydrogen) atoms. The number of carbonyl (C=O) groups is 1.